The number of anilines is 1. The fraction of sp³-hybridized carbons (Fsp3) is 0.286. The zero-order valence-electron chi connectivity index (χ0n) is 16.9. The lowest BCUT2D eigenvalue weighted by Crippen LogP contribution is -2.38. The number of alkyl halides is 3. The van der Waals surface area contributed by atoms with Gasteiger partial charge in [0.1, 0.15) is 5.70 Å². The summed E-state index contributed by atoms with van der Waals surface area (Å²) in [6.45, 7) is 0.308. The number of hydrogen-bond donors (Lipinski definition) is 1. The number of hydrogen-bond acceptors (Lipinski definition) is 6. The smallest absolute Gasteiger partial charge is 0.357 e. The van der Waals surface area contributed by atoms with Crippen LogP contribution in [0.2, 0.25) is 0 Å². The van der Waals surface area contributed by atoms with Gasteiger partial charge < -0.3 is 10.2 Å². The topological polar surface area (TPSA) is 95.5 Å². The average molecular weight is 445 g/mol. The monoisotopic (exact) mass is 445 g/mol. The molecular formula is C21H18F3N5O3. The molecule has 0 atom stereocenters. The van der Waals surface area contributed by atoms with Crippen molar-refractivity contribution in [3.63, 3.8) is 0 Å². The second kappa shape index (κ2) is 8.06. The fourth-order valence-corrected chi connectivity index (χ4v) is 3.72. The number of aromatic nitrogens is 2. The van der Waals surface area contributed by atoms with Crippen molar-refractivity contribution >= 4 is 23.5 Å². The van der Waals surface area contributed by atoms with Gasteiger partial charge in [0.15, 0.2) is 5.82 Å². The van der Waals surface area contributed by atoms with Gasteiger partial charge in [-0.2, -0.15) is 13.2 Å². The number of nitrogens with one attached hydrogen (secondary N) is 1. The van der Waals surface area contributed by atoms with Crippen LogP contribution in [-0.4, -0.2) is 57.9 Å². The third-order valence-corrected chi connectivity index (χ3v) is 5.28. The van der Waals surface area contributed by atoms with Crippen LogP contribution in [0.3, 0.4) is 0 Å². The summed E-state index contributed by atoms with van der Waals surface area (Å²) in [6.07, 6.45) is -3.34. The predicted molar refractivity (Wildman–Crippen MR) is 107 cm³/mol. The molecule has 3 amide bonds. The molecule has 2 aliphatic rings. The van der Waals surface area contributed by atoms with E-state index in [4.69, 9.17) is 0 Å². The first kappa shape index (κ1) is 21.5. The molecule has 0 aliphatic carbocycles. The van der Waals surface area contributed by atoms with Crippen molar-refractivity contribution in [3.05, 3.63) is 53.2 Å². The van der Waals surface area contributed by atoms with Crippen molar-refractivity contribution in [2.75, 3.05) is 25.5 Å². The Labute approximate surface area is 180 Å². The summed E-state index contributed by atoms with van der Waals surface area (Å²) in [5.41, 5.74) is 0.339. The Morgan fingerprint density at radius 1 is 1.12 bits per heavy atom. The number of benzene rings is 1. The molecule has 0 saturated carbocycles. The second-order valence-electron chi connectivity index (χ2n) is 7.45. The Bertz CT molecular complexity index is 1130. The Balaban J connectivity index is 1.44. The maximum absolute atomic E-state index is 12.9. The van der Waals surface area contributed by atoms with Crippen LogP contribution in [0.25, 0.3) is 11.3 Å². The molecule has 1 N–H and O–H groups in total. The van der Waals surface area contributed by atoms with Gasteiger partial charge in [0.05, 0.1) is 17.8 Å². The highest BCUT2D eigenvalue weighted by atomic mass is 19.4. The summed E-state index contributed by atoms with van der Waals surface area (Å²) >= 11 is 0. The Morgan fingerprint density at radius 3 is 2.59 bits per heavy atom. The summed E-state index contributed by atoms with van der Waals surface area (Å²) in [5.74, 6) is -1.12. The highest BCUT2D eigenvalue weighted by Gasteiger charge is 2.40. The van der Waals surface area contributed by atoms with Crippen LogP contribution in [0.15, 0.2) is 47.7 Å². The van der Waals surface area contributed by atoms with E-state index in [1.165, 1.54) is 31.3 Å². The molecule has 166 valence electrons. The van der Waals surface area contributed by atoms with E-state index < -0.39 is 23.6 Å². The molecule has 0 radical (unpaired) electrons. The van der Waals surface area contributed by atoms with E-state index in [-0.39, 0.29) is 35.2 Å². The number of amides is 3. The molecule has 0 spiro atoms. The number of rotatable bonds is 4. The number of carbonyl (C=O) groups excluding carboxylic acids is 3. The number of nitrogens with zero attached hydrogens (tertiary/aromatic N) is 4. The third kappa shape index (κ3) is 4.05. The quantitative estimate of drug-likeness (QED) is 0.727. The molecular weight excluding hydrogens is 427 g/mol. The van der Waals surface area contributed by atoms with Crippen molar-refractivity contribution in [2.24, 2.45) is 0 Å². The summed E-state index contributed by atoms with van der Waals surface area (Å²) in [4.78, 5) is 39.6. The van der Waals surface area contributed by atoms with Gasteiger partial charge in [-0.3, -0.25) is 19.3 Å². The van der Waals surface area contributed by atoms with Gasteiger partial charge in [-0.15, -0.1) is 10.2 Å². The summed E-state index contributed by atoms with van der Waals surface area (Å²) < 4.78 is 38.7. The summed E-state index contributed by atoms with van der Waals surface area (Å²) in [7, 11) is 1.41. The van der Waals surface area contributed by atoms with Crippen molar-refractivity contribution in [1.82, 2.24) is 20.0 Å². The zero-order chi connectivity index (χ0) is 23.0. The highest BCUT2D eigenvalue weighted by Crippen LogP contribution is 2.32. The number of imide groups is 1. The van der Waals surface area contributed by atoms with E-state index in [2.05, 4.69) is 15.5 Å². The van der Waals surface area contributed by atoms with Crippen LogP contribution < -0.4 is 5.32 Å². The Morgan fingerprint density at radius 2 is 1.91 bits per heavy atom. The SMILES string of the molecule is CN1C(=O)C2=C(C1=O)N(CC(=O)Nc1ccc(-c3cccc(C(F)(F)F)c3)nn1)CCC2. The zero-order valence-corrected chi connectivity index (χ0v) is 16.9. The summed E-state index contributed by atoms with van der Waals surface area (Å²) in [5, 5.41) is 10.3. The lowest BCUT2D eigenvalue weighted by molar-refractivity contribution is -0.138. The van der Waals surface area contributed by atoms with Crippen molar-refractivity contribution in [2.45, 2.75) is 19.0 Å². The van der Waals surface area contributed by atoms with Gasteiger partial charge in [-0.25, -0.2) is 0 Å². The van der Waals surface area contributed by atoms with Gasteiger partial charge in [0, 0.05) is 24.7 Å². The molecule has 8 nitrogen and oxygen atoms in total. The van der Waals surface area contributed by atoms with Crippen LogP contribution in [0.4, 0.5) is 19.0 Å². The van der Waals surface area contributed by atoms with E-state index in [0.29, 0.717) is 25.0 Å². The van der Waals surface area contributed by atoms with Crippen LogP contribution >= 0.6 is 0 Å². The maximum Gasteiger partial charge on any atom is 0.416 e. The molecule has 11 heteroatoms. The van der Waals surface area contributed by atoms with E-state index in [9.17, 15) is 27.6 Å². The van der Waals surface area contributed by atoms with Gasteiger partial charge in [0.2, 0.25) is 5.91 Å². The molecule has 0 fully saturated rings. The number of likely N-dealkylation sites (N-methyl/N-ethyl adjacent to an activating group) is 1. The standard InChI is InChI=1S/C21H18F3N5O3/c1-28-19(31)14-6-3-9-29(18(14)20(28)32)11-17(30)25-16-8-7-15(26-27-16)12-4-2-5-13(10-12)21(22,23)24/h2,4-5,7-8,10H,3,6,9,11H2,1H3,(H,25,27,30). The van der Waals surface area contributed by atoms with Crippen LogP contribution in [0.1, 0.15) is 18.4 Å². The predicted octanol–water partition coefficient (Wildman–Crippen LogP) is 2.45. The summed E-state index contributed by atoms with van der Waals surface area (Å²) in [6, 6.07) is 7.58. The molecule has 32 heavy (non-hydrogen) atoms. The normalized spacial score (nSPS) is 16.5. The van der Waals surface area contributed by atoms with E-state index in [1.54, 1.807) is 4.90 Å². The first-order valence-electron chi connectivity index (χ1n) is 9.77. The number of halogens is 3. The van der Waals surface area contributed by atoms with Gasteiger partial charge in [-0.05, 0) is 37.1 Å². The lowest BCUT2D eigenvalue weighted by Gasteiger charge is -2.28. The minimum atomic E-state index is -4.47. The Hall–Kier alpha value is -3.76. The minimum Gasteiger partial charge on any atom is -0.357 e. The van der Waals surface area contributed by atoms with Crippen LogP contribution in [-0.2, 0) is 20.6 Å². The minimum absolute atomic E-state index is 0.114. The molecule has 1 aromatic heterocycles. The molecule has 2 aliphatic heterocycles. The molecule has 3 heterocycles. The molecule has 2 aromatic rings. The van der Waals surface area contributed by atoms with E-state index >= 15 is 0 Å². The van der Waals surface area contributed by atoms with Gasteiger partial charge in [0.25, 0.3) is 11.8 Å². The molecule has 1 aromatic carbocycles. The Kier molecular flexibility index (Phi) is 5.41. The molecule has 0 unspecified atom stereocenters. The van der Waals surface area contributed by atoms with Crippen molar-refractivity contribution < 1.29 is 27.6 Å². The maximum atomic E-state index is 12.9. The van der Waals surface area contributed by atoms with Gasteiger partial charge in [-0.1, -0.05) is 12.1 Å². The van der Waals surface area contributed by atoms with Crippen LogP contribution in [0.5, 0.6) is 0 Å². The van der Waals surface area contributed by atoms with Crippen LogP contribution in [0, 0.1) is 0 Å². The van der Waals surface area contributed by atoms with E-state index in [1.807, 2.05) is 0 Å². The number of carbonyl (C=O) groups is 3. The van der Waals surface area contributed by atoms with Crippen molar-refractivity contribution in [1.29, 1.82) is 0 Å². The van der Waals surface area contributed by atoms with Crippen molar-refractivity contribution in [3.8, 4) is 11.3 Å². The first-order chi connectivity index (χ1) is 15.1. The molecule has 0 bridgehead atoms. The lowest BCUT2D eigenvalue weighted by atomic mass is 10.0. The second-order valence-corrected chi connectivity index (χ2v) is 7.45. The van der Waals surface area contributed by atoms with Gasteiger partial charge >= 0.3 is 6.18 Å². The highest BCUT2D eigenvalue weighted by molar-refractivity contribution is 6.19. The van der Waals surface area contributed by atoms with E-state index in [0.717, 1.165) is 17.0 Å². The largest absolute Gasteiger partial charge is 0.416 e. The average Bonchev–Trinajstić information content (AvgIpc) is 2.98. The fourth-order valence-electron chi connectivity index (χ4n) is 3.72. The third-order valence-electron chi connectivity index (χ3n) is 5.28. The molecule has 4 rings (SSSR count). The first-order valence-corrected chi connectivity index (χ1v) is 9.77. The molecule has 0 saturated heterocycles.